The molecule has 0 fully saturated rings. The second-order valence-corrected chi connectivity index (χ2v) is 8.33. The quantitative estimate of drug-likeness (QED) is 0.305. The maximum absolute atomic E-state index is 3.35. The number of unbranched alkanes of at least 4 members (excludes halogenated alkanes) is 6. The second kappa shape index (κ2) is 11.5. The molecule has 0 N–H and O–H groups in total. The minimum Gasteiger partial charge on any atom is -0.135 e. The Labute approximate surface area is 156 Å². The molecule has 2 heteroatoms. The Hall–Kier alpha value is -1.04. The highest BCUT2D eigenvalue weighted by atomic mass is 32.1. The van der Waals surface area contributed by atoms with Crippen LogP contribution < -0.4 is 0 Å². The van der Waals surface area contributed by atoms with Gasteiger partial charge in [-0.2, -0.15) is 0 Å². The van der Waals surface area contributed by atoms with E-state index in [9.17, 15) is 0 Å². The van der Waals surface area contributed by atoms with Crippen LogP contribution in [0.2, 0.25) is 0 Å². The summed E-state index contributed by atoms with van der Waals surface area (Å²) in [4.78, 5) is 2.41. The van der Waals surface area contributed by atoms with Gasteiger partial charge in [-0.15, -0.1) is 22.7 Å². The molecule has 0 saturated heterocycles. The summed E-state index contributed by atoms with van der Waals surface area (Å²) in [6.07, 6.45) is 13.1. The molecule has 0 bridgehead atoms. The van der Waals surface area contributed by atoms with E-state index >= 15 is 0 Å². The standard InChI is InChI=1S/C22H30S2/c1-3-5-7-9-11-19-15-21(23-17-19)13-14-22-16-20(18-24-22)12-10-8-6-4-2/h15-18H,3-12H2,1-2H3. The first kappa shape index (κ1) is 19.3. The van der Waals surface area contributed by atoms with Crippen LogP contribution in [0.25, 0.3) is 0 Å². The molecule has 130 valence electrons. The minimum absolute atomic E-state index is 1.21. The summed E-state index contributed by atoms with van der Waals surface area (Å²) in [5.74, 6) is 6.70. The van der Waals surface area contributed by atoms with E-state index in [1.807, 2.05) is 0 Å². The zero-order valence-electron chi connectivity index (χ0n) is 15.2. The molecule has 0 saturated carbocycles. The molecule has 0 spiro atoms. The maximum Gasteiger partial charge on any atom is 0.0775 e. The molecule has 0 amide bonds. The van der Waals surface area contributed by atoms with Crippen LogP contribution in [0.3, 0.4) is 0 Å². The summed E-state index contributed by atoms with van der Waals surface area (Å²) in [5, 5.41) is 4.56. The SMILES string of the molecule is CCCCCCc1csc(C#Cc2cc(CCCCCC)cs2)c1. The molecule has 0 aromatic carbocycles. The lowest BCUT2D eigenvalue weighted by molar-refractivity contribution is 0.667. The average Bonchev–Trinajstić information content (AvgIpc) is 3.23. The van der Waals surface area contributed by atoms with Crippen LogP contribution in [0.5, 0.6) is 0 Å². The molecule has 2 aromatic rings. The first-order chi connectivity index (χ1) is 11.8. The molecular formula is C22H30S2. The molecule has 0 nitrogen and oxygen atoms in total. The Kier molecular flexibility index (Phi) is 9.24. The second-order valence-electron chi connectivity index (χ2n) is 6.51. The molecule has 2 rings (SSSR count). The highest BCUT2D eigenvalue weighted by Gasteiger charge is 2.00. The van der Waals surface area contributed by atoms with Crippen LogP contribution >= 0.6 is 22.7 Å². The number of rotatable bonds is 10. The lowest BCUT2D eigenvalue weighted by Gasteiger charge is -1.96. The van der Waals surface area contributed by atoms with Crippen molar-refractivity contribution in [2.75, 3.05) is 0 Å². The predicted molar refractivity (Wildman–Crippen MR) is 110 cm³/mol. The highest BCUT2D eigenvalue weighted by Crippen LogP contribution is 2.19. The fourth-order valence-electron chi connectivity index (χ4n) is 2.78. The van der Waals surface area contributed by atoms with Crippen LogP contribution in [0, 0.1) is 11.8 Å². The van der Waals surface area contributed by atoms with E-state index in [2.05, 4.69) is 48.6 Å². The Morgan fingerprint density at radius 2 is 1.12 bits per heavy atom. The molecule has 0 unspecified atom stereocenters. The molecule has 24 heavy (non-hydrogen) atoms. The van der Waals surface area contributed by atoms with E-state index in [-0.39, 0.29) is 0 Å². The molecule has 0 radical (unpaired) electrons. The van der Waals surface area contributed by atoms with Gasteiger partial charge in [0, 0.05) is 0 Å². The van der Waals surface area contributed by atoms with Gasteiger partial charge in [0.25, 0.3) is 0 Å². The molecule has 2 aromatic heterocycles. The van der Waals surface area contributed by atoms with Crippen LogP contribution in [0.15, 0.2) is 22.9 Å². The highest BCUT2D eigenvalue weighted by molar-refractivity contribution is 7.11. The maximum atomic E-state index is 3.35. The van der Waals surface area contributed by atoms with Gasteiger partial charge in [0.1, 0.15) is 0 Å². The molecular weight excluding hydrogens is 328 g/mol. The predicted octanol–water partition coefficient (Wildman–Crippen LogP) is 7.46. The van der Waals surface area contributed by atoms with Gasteiger partial charge >= 0.3 is 0 Å². The van der Waals surface area contributed by atoms with E-state index in [4.69, 9.17) is 0 Å². The summed E-state index contributed by atoms with van der Waals surface area (Å²) >= 11 is 3.58. The largest absolute Gasteiger partial charge is 0.135 e. The van der Waals surface area contributed by atoms with Crippen molar-refractivity contribution in [2.45, 2.75) is 78.1 Å². The van der Waals surface area contributed by atoms with E-state index in [1.54, 1.807) is 22.7 Å². The normalized spacial score (nSPS) is 10.6. The fraction of sp³-hybridized carbons (Fsp3) is 0.545. The first-order valence-electron chi connectivity index (χ1n) is 9.48. The van der Waals surface area contributed by atoms with Crippen molar-refractivity contribution in [2.24, 2.45) is 0 Å². The number of aryl methyl sites for hydroxylation is 2. The van der Waals surface area contributed by atoms with Crippen LogP contribution in [-0.2, 0) is 12.8 Å². The Morgan fingerprint density at radius 1 is 0.667 bits per heavy atom. The van der Waals surface area contributed by atoms with Gasteiger partial charge < -0.3 is 0 Å². The summed E-state index contributed by atoms with van der Waals surface area (Å²) < 4.78 is 0. The van der Waals surface area contributed by atoms with Crippen LogP contribution in [0.1, 0.15) is 86.1 Å². The third-order valence-electron chi connectivity index (χ3n) is 4.25. The Bertz CT molecular complexity index is 582. The van der Waals surface area contributed by atoms with Gasteiger partial charge in [-0.3, -0.25) is 0 Å². The smallest absolute Gasteiger partial charge is 0.0775 e. The average molecular weight is 359 g/mol. The third-order valence-corrected chi connectivity index (χ3v) is 6.04. The van der Waals surface area contributed by atoms with Crippen molar-refractivity contribution in [3.63, 3.8) is 0 Å². The molecule has 0 atom stereocenters. The zero-order chi connectivity index (χ0) is 17.0. The van der Waals surface area contributed by atoms with Crippen molar-refractivity contribution in [1.29, 1.82) is 0 Å². The van der Waals surface area contributed by atoms with Crippen molar-refractivity contribution < 1.29 is 0 Å². The van der Waals surface area contributed by atoms with Gasteiger partial charge in [-0.05, 0) is 71.5 Å². The first-order valence-corrected chi connectivity index (χ1v) is 11.2. The summed E-state index contributed by atoms with van der Waals surface area (Å²) in [7, 11) is 0. The zero-order valence-corrected chi connectivity index (χ0v) is 16.8. The number of hydrogen-bond acceptors (Lipinski definition) is 2. The van der Waals surface area contributed by atoms with Gasteiger partial charge in [-0.1, -0.05) is 52.4 Å². The number of hydrogen-bond donors (Lipinski definition) is 0. The van der Waals surface area contributed by atoms with Crippen LogP contribution in [-0.4, -0.2) is 0 Å². The van der Waals surface area contributed by atoms with Gasteiger partial charge in [0.05, 0.1) is 9.75 Å². The molecule has 0 aliphatic rings. The van der Waals surface area contributed by atoms with E-state index in [1.165, 1.54) is 85.1 Å². The van der Waals surface area contributed by atoms with Gasteiger partial charge in [0.15, 0.2) is 0 Å². The van der Waals surface area contributed by atoms with Crippen LogP contribution in [0.4, 0.5) is 0 Å². The monoisotopic (exact) mass is 358 g/mol. The molecule has 2 heterocycles. The lowest BCUT2D eigenvalue weighted by Crippen LogP contribution is -1.82. The molecule has 0 aliphatic heterocycles. The number of thiophene rings is 2. The van der Waals surface area contributed by atoms with Gasteiger partial charge in [0.2, 0.25) is 0 Å². The van der Waals surface area contributed by atoms with E-state index in [0.717, 1.165) is 0 Å². The van der Waals surface area contributed by atoms with Gasteiger partial charge in [-0.25, -0.2) is 0 Å². The van der Waals surface area contributed by atoms with Crippen molar-refractivity contribution in [3.8, 4) is 11.8 Å². The lowest BCUT2D eigenvalue weighted by atomic mass is 10.1. The van der Waals surface area contributed by atoms with Crippen molar-refractivity contribution >= 4 is 22.7 Å². The fourth-order valence-corrected chi connectivity index (χ4v) is 4.37. The Balaban J connectivity index is 1.80. The minimum atomic E-state index is 1.21. The topological polar surface area (TPSA) is 0 Å². The summed E-state index contributed by atoms with van der Waals surface area (Å²) in [6, 6.07) is 4.56. The summed E-state index contributed by atoms with van der Waals surface area (Å²) in [5.41, 5.74) is 2.92. The van der Waals surface area contributed by atoms with Crippen molar-refractivity contribution in [3.05, 3.63) is 43.8 Å². The molecule has 0 aliphatic carbocycles. The van der Waals surface area contributed by atoms with Crippen molar-refractivity contribution in [1.82, 2.24) is 0 Å². The Morgan fingerprint density at radius 3 is 1.54 bits per heavy atom. The summed E-state index contributed by atoms with van der Waals surface area (Å²) in [6.45, 7) is 4.53. The van der Waals surface area contributed by atoms with E-state index in [0.29, 0.717) is 0 Å². The third kappa shape index (κ3) is 7.24. The van der Waals surface area contributed by atoms with E-state index < -0.39 is 0 Å².